The van der Waals surface area contributed by atoms with Gasteiger partial charge in [-0.1, -0.05) is 27.2 Å². The molecule has 1 saturated carbocycles. The smallest absolute Gasteiger partial charge is 0.241 e. The molecule has 1 amide bonds. The highest BCUT2D eigenvalue weighted by Crippen LogP contribution is 2.35. The zero-order valence-corrected chi connectivity index (χ0v) is 11.6. The second-order valence-corrected chi connectivity index (χ2v) is 5.99. The topological polar surface area (TPSA) is 32.3 Å². The van der Waals surface area contributed by atoms with E-state index in [9.17, 15) is 4.79 Å². The van der Waals surface area contributed by atoms with E-state index in [2.05, 4.69) is 37.9 Å². The first kappa shape index (κ1) is 12.9. The van der Waals surface area contributed by atoms with E-state index in [1.165, 1.54) is 19.3 Å². The van der Waals surface area contributed by atoms with Gasteiger partial charge in [-0.25, -0.2) is 0 Å². The summed E-state index contributed by atoms with van der Waals surface area (Å²) in [6, 6.07) is 0.456. The molecule has 1 aliphatic heterocycles. The van der Waals surface area contributed by atoms with Crippen molar-refractivity contribution >= 4 is 5.91 Å². The molecule has 3 heteroatoms. The predicted molar refractivity (Wildman–Crippen MR) is 69.5 cm³/mol. The standard InChI is InChI=1S/C14H26N2O/c1-5-12-14(17)16(13(15-12)9(2)3)10(4)11-7-6-8-11/h9-13,15H,5-8H2,1-4H3. The zero-order valence-electron chi connectivity index (χ0n) is 11.6. The lowest BCUT2D eigenvalue weighted by Gasteiger charge is -2.40. The minimum atomic E-state index is 0.0462. The second kappa shape index (κ2) is 4.97. The maximum Gasteiger partial charge on any atom is 0.241 e. The van der Waals surface area contributed by atoms with Gasteiger partial charge in [-0.2, -0.15) is 0 Å². The van der Waals surface area contributed by atoms with Crippen LogP contribution in [0.5, 0.6) is 0 Å². The quantitative estimate of drug-likeness (QED) is 0.815. The average molecular weight is 238 g/mol. The van der Waals surface area contributed by atoms with Crippen LogP contribution in [0.4, 0.5) is 0 Å². The van der Waals surface area contributed by atoms with Crippen LogP contribution in [0.3, 0.4) is 0 Å². The van der Waals surface area contributed by atoms with Crippen molar-refractivity contribution in [2.24, 2.45) is 11.8 Å². The van der Waals surface area contributed by atoms with Gasteiger partial charge in [0.05, 0.1) is 12.2 Å². The summed E-state index contributed by atoms with van der Waals surface area (Å²) < 4.78 is 0. The molecule has 98 valence electrons. The van der Waals surface area contributed by atoms with Gasteiger partial charge < -0.3 is 4.90 Å². The molecular weight excluding hydrogens is 212 g/mol. The molecule has 17 heavy (non-hydrogen) atoms. The number of nitrogens with one attached hydrogen (secondary N) is 1. The fourth-order valence-corrected chi connectivity index (χ4v) is 3.08. The molecule has 0 spiro atoms. The number of rotatable bonds is 4. The molecule has 0 radical (unpaired) electrons. The predicted octanol–water partition coefficient (Wildman–Crippen LogP) is 2.37. The molecule has 2 aliphatic rings. The molecular formula is C14H26N2O. The van der Waals surface area contributed by atoms with Gasteiger partial charge in [0.1, 0.15) is 0 Å². The van der Waals surface area contributed by atoms with Crippen LogP contribution in [0.15, 0.2) is 0 Å². The molecule has 0 bridgehead atoms. The van der Waals surface area contributed by atoms with E-state index in [0.717, 1.165) is 12.3 Å². The van der Waals surface area contributed by atoms with Crippen molar-refractivity contribution in [3.05, 3.63) is 0 Å². The van der Waals surface area contributed by atoms with Crippen LogP contribution < -0.4 is 5.32 Å². The number of hydrogen-bond donors (Lipinski definition) is 1. The van der Waals surface area contributed by atoms with Gasteiger partial charge in [-0.15, -0.1) is 0 Å². The summed E-state index contributed by atoms with van der Waals surface area (Å²) in [5, 5.41) is 3.50. The summed E-state index contributed by atoms with van der Waals surface area (Å²) in [6.45, 7) is 8.72. The lowest BCUT2D eigenvalue weighted by Crippen LogP contribution is -2.50. The maximum absolute atomic E-state index is 12.4. The van der Waals surface area contributed by atoms with Gasteiger partial charge in [0.2, 0.25) is 5.91 Å². The molecule has 3 atom stereocenters. The van der Waals surface area contributed by atoms with Crippen molar-refractivity contribution in [3.63, 3.8) is 0 Å². The SMILES string of the molecule is CCC1NC(C(C)C)N(C(C)C2CCC2)C1=O. The van der Waals surface area contributed by atoms with Crippen LogP contribution in [0.25, 0.3) is 0 Å². The van der Waals surface area contributed by atoms with Gasteiger partial charge in [-0.3, -0.25) is 10.1 Å². The molecule has 3 unspecified atom stereocenters. The number of nitrogens with zero attached hydrogens (tertiary/aromatic N) is 1. The van der Waals surface area contributed by atoms with E-state index in [4.69, 9.17) is 0 Å². The van der Waals surface area contributed by atoms with E-state index in [1.807, 2.05) is 0 Å². The molecule has 0 aromatic rings. The van der Waals surface area contributed by atoms with E-state index in [1.54, 1.807) is 0 Å². The Balaban J connectivity index is 2.12. The van der Waals surface area contributed by atoms with Crippen molar-refractivity contribution < 1.29 is 4.79 Å². The Hall–Kier alpha value is -0.570. The van der Waals surface area contributed by atoms with Crippen LogP contribution in [0.1, 0.15) is 53.4 Å². The van der Waals surface area contributed by atoms with Crippen LogP contribution >= 0.6 is 0 Å². The zero-order chi connectivity index (χ0) is 12.6. The van der Waals surface area contributed by atoms with Gasteiger partial charge in [0.15, 0.2) is 0 Å². The highest BCUT2D eigenvalue weighted by atomic mass is 16.2. The Morgan fingerprint density at radius 2 is 2.00 bits per heavy atom. The molecule has 1 N–H and O–H groups in total. The summed E-state index contributed by atoms with van der Waals surface area (Å²) in [7, 11) is 0. The van der Waals surface area contributed by atoms with E-state index in [-0.39, 0.29) is 12.2 Å². The Labute approximate surface area is 105 Å². The van der Waals surface area contributed by atoms with Crippen molar-refractivity contribution in [1.82, 2.24) is 10.2 Å². The Bertz CT molecular complexity index is 286. The minimum Gasteiger partial charge on any atom is -0.323 e. The number of carbonyl (C=O) groups is 1. The minimum absolute atomic E-state index is 0.0462. The third-order valence-corrected chi connectivity index (χ3v) is 4.53. The first-order valence-electron chi connectivity index (χ1n) is 7.14. The largest absolute Gasteiger partial charge is 0.323 e. The molecule has 1 heterocycles. The highest BCUT2D eigenvalue weighted by molar-refractivity contribution is 5.84. The van der Waals surface area contributed by atoms with Crippen LogP contribution in [-0.2, 0) is 4.79 Å². The summed E-state index contributed by atoms with van der Waals surface area (Å²) in [4.78, 5) is 14.5. The number of carbonyl (C=O) groups excluding carboxylic acids is 1. The van der Waals surface area contributed by atoms with E-state index >= 15 is 0 Å². The van der Waals surface area contributed by atoms with Crippen molar-refractivity contribution in [1.29, 1.82) is 0 Å². The van der Waals surface area contributed by atoms with E-state index in [0.29, 0.717) is 17.9 Å². The lowest BCUT2D eigenvalue weighted by molar-refractivity contribution is -0.134. The van der Waals surface area contributed by atoms with Gasteiger partial charge in [0, 0.05) is 6.04 Å². The Morgan fingerprint density at radius 1 is 1.35 bits per heavy atom. The highest BCUT2D eigenvalue weighted by Gasteiger charge is 2.44. The van der Waals surface area contributed by atoms with Crippen LogP contribution in [0, 0.1) is 11.8 Å². The second-order valence-electron chi connectivity index (χ2n) is 5.99. The van der Waals surface area contributed by atoms with Crippen LogP contribution in [-0.4, -0.2) is 29.1 Å². The molecule has 1 saturated heterocycles. The first-order chi connectivity index (χ1) is 8.06. The molecule has 1 aliphatic carbocycles. The number of amides is 1. The third kappa shape index (κ3) is 2.22. The summed E-state index contributed by atoms with van der Waals surface area (Å²) in [6.07, 6.45) is 5.08. The maximum atomic E-state index is 12.4. The van der Waals surface area contributed by atoms with Gasteiger partial charge >= 0.3 is 0 Å². The summed E-state index contributed by atoms with van der Waals surface area (Å²) in [5.41, 5.74) is 0. The van der Waals surface area contributed by atoms with Crippen LogP contribution in [0.2, 0.25) is 0 Å². The summed E-state index contributed by atoms with van der Waals surface area (Å²) in [5.74, 6) is 1.54. The molecule has 2 fully saturated rings. The monoisotopic (exact) mass is 238 g/mol. The van der Waals surface area contributed by atoms with Crippen molar-refractivity contribution in [2.45, 2.75) is 71.6 Å². The van der Waals surface area contributed by atoms with E-state index < -0.39 is 0 Å². The first-order valence-corrected chi connectivity index (χ1v) is 7.14. The summed E-state index contributed by atoms with van der Waals surface area (Å²) >= 11 is 0. The van der Waals surface area contributed by atoms with Gasteiger partial charge in [-0.05, 0) is 38.0 Å². The van der Waals surface area contributed by atoms with Gasteiger partial charge in [0.25, 0.3) is 0 Å². The number of hydrogen-bond acceptors (Lipinski definition) is 2. The lowest BCUT2D eigenvalue weighted by atomic mass is 9.79. The fraction of sp³-hybridized carbons (Fsp3) is 0.929. The molecule has 3 nitrogen and oxygen atoms in total. The average Bonchev–Trinajstić information content (AvgIpc) is 2.52. The van der Waals surface area contributed by atoms with Crippen molar-refractivity contribution in [3.8, 4) is 0 Å². The fourth-order valence-electron chi connectivity index (χ4n) is 3.08. The molecule has 0 aromatic heterocycles. The Morgan fingerprint density at radius 3 is 2.41 bits per heavy atom. The molecule has 0 aromatic carbocycles. The Kier molecular flexibility index (Phi) is 3.76. The normalized spacial score (nSPS) is 32.1. The molecule has 2 rings (SSSR count). The van der Waals surface area contributed by atoms with Crippen molar-refractivity contribution in [2.75, 3.05) is 0 Å². The third-order valence-electron chi connectivity index (χ3n) is 4.53.